The summed E-state index contributed by atoms with van der Waals surface area (Å²) in [5, 5.41) is 16.2. The minimum atomic E-state index is -4.17. The quantitative estimate of drug-likeness (QED) is 0.243. The Bertz CT molecular complexity index is 1640. The molecule has 1 amide bonds. The third-order valence-electron chi connectivity index (χ3n) is 7.64. The summed E-state index contributed by atoms with van der Waals surface area (Å²) >= 11 is 0. The molecule has 0 aliphatic carbocycles. The minimum absolute atomic E-state index is 0.0453. The van der Waals surface area contributed by atoms with Gasteiger partial charge >= 0.3 is 5.97 Å². The Morgan fingerprint density at radius 3 is 2.16 bits per heavy atom. The van der Waals surface area contributed by atoms with Gasteiger partial charge in [0, 0.05) is 25.3 Å². The molecule has 0 saturated carbocycles. The SMILES string of the molecule is NO.O=C(O)[C@@H](CCCN1C(=O)c2ccccc2S1(=O)=O)NS(=O)(=O)c1ccc(N2CCC(c3ccccc3)CC2)cc1. The first kappa shape index (κ1) is 32.1. The fourth-order valence-electron chi connectivity index (χ4n) is 5.41. The van der Waals surface area contributed by atoms with Gasteiger partial charge in [0.2, 0.25) is 10.0 Å². The van der Waals surface area contributed by atoms with Gasteiger partial charge in [0.1, 0.15) is 10.9 Å². The molecule has 1 atom stereocenters. The fourth-order valence-corrected chi connectivity index (χ4v) is 8.24. The minimum Gasteiger partial charge on any atom is -0.480 e. The van der Waals surface area contributed by atoms with Crippen molar-refractivity contribution in [2.75, 3.05) is 24.5 Å². The zero-order valence-electron chi connectivity index (χ0n) is 23.2. The number of nitrogens with one attached hydrogen (secondary N) is 1. The lowest BCUT2D eigenvalue weighted by Crippen LogP contribution is -2.41. The van der Waals surface area contributed by atoms with E-state index >= 15 is 0 Å². The van der Waals surface area contributed by atoms with Crippen molar-refractivity contribution < 1.29 is 36.7 Å². The van der Waals surface area contributed by atoms with Gasteiger partial charge in [0.05, 0.1) is 10.5 Å². The number of carbonyl (C=O) groups excluding carboxylic acids is 1. The van der Waals surface area contributed by atoms with Crippen molar-refractivity contribution in [3.05, 3.63) is 90.0 Å². The summed E-state index contributed by atoms with van der Waals surface area (Å²) < 4.78 is 54.4. The van der Waals surface area contributed by atoms with Crippen LogP contribution in [0.1, 0.15) is 47.5 Å². The smallest absolute Gasteiger partial charge is 0.321 e. The third-order valence-corrected chi connectivity index (χ3v) is 11.0. The highest BCUT2D eigenvalue weighted by Gasteiger charge is 2.40. The van der Waals surface area contributed by atoms with Gasteiger partial charge < -0.3 is 15.2 Å². The zero-order valence-corrected chi connectivity index (χ0v) is 24.9. The zero-order chi connectivity index (χ0) is 31.2. The molecule has 2 heterocycles. The molecule has 5 N–H and O–H groups in total. The molecule has 0 bridgehead atoms. The predicted octanol–water partition coefficient (Wildman–Crippen LogP) is 2.76. The van der Waals surface area contributed by atoms with Crippen LogP contribution >= 0.6 is 0 Å². The van der Waals surface area contributed by atoms with E-state index in [1.54, 1.807) is 18.2 Å². The van der Waals surface area contributed by atoms with Crippen LogP contribution in [0.25, 0.3) is 0 Å². The van der Waals surface area contributed by atoms with Crippen molar-refractivity contribution in [3.8, 4) is 0 Å². The van der Waals surface area contributed by atoms with Crippen LogP contribution in [0, 0.1) is 0 Å². The average Bonchev–Trinajstić information content (AvgIpc) is 3.22. The van der Waals surface area contributed by atoms with Crippen LogP contribution in [0.5, 0.6) is 0 Å². The molecule has 0 spiro atoms. The molecule has 230 valence electrons. The maximum absolute atomic E-state index is 13.0. The number of carbonyl (C=O) groups is 2. The largest absolute Gasteiger partial charge is 0.480 e. The molecule has 5 rings (SSSR count). The molecular weight excluding hydrogens is 596 g/mol. The van der Waals surface area contributed by atoms with Crippen LogP contribution in [0.3, 0.4) is 0 Å². The standard InChI is InChI=1S/C29H31N3O7S2.H3NO/c33-28-25-9-4-5-11-27(25)41(38,39)32(28)18-6-10-26(29(34)35)30-40(36,37)24-14-12-23(13-15-24)31-19-16-22(17-20-31)21-7-2-1-3-8-21;1-2/h1-5,7-9,11-15,22,26,30H,6,10,16-20H2,(H,34,35);2H,1H2/t26-;/m1./s1. The van der Waals surface area contributed by atoms with E-state index in [0.29, 0.717) is 10.2 Å². The fraction of sp³-hybridized carbons (Fsp3) is 0.310. The molecule has 1 saturated heterocycles. The van der Waals surface area contributed by atoms with E-state index in [4.69, 9.17) is 5.21 Å². The topological polar surface area (TPSA) is 187 Å². The number of nitrogens with two attached hydrogens (primary N) is 1. The first-order valence-electron chi connectivity index (χ1n) is 13.6. The molecular formula is C29H34N4O8S2. The van der Waals surface area contributed by atoms with Crippen LogP contribution in [0.2, 0.25) is 0 Å². The highest BCUT2D eigenvalue weighted by molar-refractivity contribution is 7.90. The van der Waals surface area contributed by atoms with Gasteiger partial charge in [-0.3, -0.25) is 9.59 Å². The lowest BCUT2D eigenvalue weighted by Gasteiger charge is -2.34. The molecule has 0 radical (unpaired) electrons. The highest BCUT2D eigenvalue weighted by atomic mass is 32.2. The van der Waals surface area contributed by atoms with E-state index in [1.165, 1.54) is 35.9 Å². The predicted molar refractivity (Wildman–Crippen MR) is 159 cm³/mol. The number of anilines is 1. The Kier molecular flexibility index (Phi) is 10.2. The summed E-state index contributed by atoms with van der Waals surface area (Å²) in [4.78, 5) is 26.5. The number of aliphatic carboxylic acids is 1. The Balaban J connectivity index is 0.00000207. The summed E-state index contributed by atoms with van der Waals surface area (Å²) in [6.45, 7) is 1.41. The molecule has 43 heavy (non-hydrogen) atoms. The number of carboxylic acids is 1. The maximum Gasteiger partial charge on any atom is 0.321 e. The monoisotopic (exact) mass is 630 g/mol. The molecule has 3 aromatic carbocycles. The lowest BCUT2D eigenvalue weighted by molar-refractivity contribution is -0.139. The van der Waals surface area contributed by atoms with E-state index in [2.05, 4.69) is 27.7 Å². The van der Waals surface area contributed by atoms with Gasteiger partial charge in [-0.1, -0.05) is 42.5 Å². The van der Waals surface area contributed by atoms with Crippen molar-refractivity contribution in [1.29, 1.82) is 0 Å². The van der Waals surface area contributed by atoms with Crippen LogP contribution in [0.15, 0.2) is 88.7 Å². The number of hydrogen-bond donors (Lipinski definition) is 4. The second kappa shape index (κ2) is 13.7. The van der Waals surface area contributed by atoms with E-state index in [-0.39, 0.29) is 34.7 Å². The van der Waals surface area contributed by atoms with E-state index < -0.39 is 38.0 Å². The number of piperidine rings is 1. The van der Waals surface area contributed by atoms with E-state index in [0.717, 1.165) is 31.6 Å². The van der Waals surface area contributed by atoms with Crippen LogP contribution in [-0.4, -0.2) is 69.0 Å². The Labute approximate surface area is 250 Å². The molecule has 12 nitrogen and oxygen atoms in total. The van der Waals surface area contributed by atoms with Gasteiger partial charge in [-0.15, -0.1) is 0 Å². The second-order valence-corrected chi connectivity index (χ2v) is 13.7. The van der Waals surface area contributed by atoms with Gasteiger partial charge in [-0.05, 0) is 73.6 Å². The van der Waals surface area contributed by atoms with Crippen molar-refractivity contribution in [2.24, 2.45) is 5.90 Å². The van der Waals surface area contributed by atoms with Crippen LogP contribution < -0.4 is 15.5 Å². The second-order valence-electron chi connectivity index (χ2n) is 10.2. The molecule has 2 aliphatic heterocycles. The summed E-state index contributed by atoms with van der Waals surface area (Å²) in [5.41, 5.74) is 2.28. The van der Waals surface area contributed by atoms with Crippen molar-refractivity contribution in [3.63, 3.8) is 0 Å². The number of rotatable bonds is 10. The highest BCUT2D eigenvalue weighted by Crippen LogP contribution is 2.32. The summed E-state index contributed by atoms with van der Waals surface area (Å²) in [5.74, 6) is 1.91. The normalized spacial score (nSPS) is 17.1. The average molecular weight is 631 g/mol. The van der Waals surface area contributed by atoms with E-state index in [9.17, 15) is 31.5 Å². The number of amides is 1. The Morgan fingerprint density at radius 1 is 0.953 bits per heavy atom. The van der Waals surface area contributed by atoms with Crippen molar-refractivity contribution in [1.82, 2.24) is 9.03 Å². The Morgan fingerprint density at radius 2 is 1.56 bits per heavy atom. The molecule has 2 aliphatic rings. The van der Waals surface area contributed by atoms with Gasteiger partial charge in [0.15, 0.2) is 0 Å². The Hall–Kier alpha value is -3.82. The van der Waals surface area contributed by atoms with Gasteiger partial charge in [-0.2, -0.15) is 4.72 Å². The van der Waals surface area contributed by atoms with Crippen molar-refractivity contribution in [2.45, 2.75) is 47.4 Å². The molecule has 1 fully saturated rings. The van der Waals surface area contributed by atoms with Gasteiger partial charge in [-0.25, -0.2) is 27.0 Å². The summed E-state index contributed by atoms with van der Waals surface area (Å²) in [7, 11) is -8.20. The summed E-state index contributed by atoms with van der Waals surface area (Å²) in [6, 6.07) is 21.1. The number of hydrogen-bond acceptors (Lipinski definition) is 9. The molecule has 3 aromatic rings. The molecule has 14 heteroatoms. The van der Waals surface area contributed by atoms with Gasteiger partial charge in [0.25, 0.3) is 15.9 Å². The molecule has 0 unspecified atom stereocenters. The third kappa shape index (κ3) is 7.05. The number of carboxylic acid groups (broad SMARTS) is 1. The summed E-state index contributed by atoms with van der Waals surface area (Å²) in [6.07, 6.45) is 1.72. The number of benzene rings is 3. The lowest BCUT2D eigenvalue weighted by atomic mass is 9.89. The first-order chi connectivity index (χ1) is 20.6. The van der Waals surface area contributed by atoms with Crippen LogP contribution in [0.4, 0.5) is 5.69 Å². The number of fused-ring (bicyclic) bond motifs is 1. The maximum atomic E-state index is 13.0. The first-order valence-corrected chi connectivity index (χ1v) is 16.6. The molecule has 0 aromatic heterocycles. The number of sulfonamides is 2. The number of nitrogens with zero attached hydrogens (tertiary/aromatic N) is 2. The van der Waals surface area contributed by atoms with Crippen LogP contribution in [-0.2, 0) is 24.8 Å². The van der Waals surface area contributed by atoms with Crippen molar-refractivity contribution >= 4 is 37.6 Å². The van der Waals surface area contributed by atoms with E-state index in [1.807, 2.05) is 18.2 Å².